The maximum absolute atomic E-state index is 11.0. The number of hydrogen-bond donors (Lipinski definition) is 2. The molecule has 0 aromatic heterocycles. The highest BCUT2D eigenvalue weighted by molar-refractivity contribution is 5.93. The molecule has 1 aromatic carbocycles. The standard InChI is InChI=1S/C13H20N2O2/c1-3-17-7-6-15-9-12-5-4-11(13(14)16)8-10(12)2/h4-5,8,15H,3,6-7,9H2,1-2H3,(H2,14,16). The van der Waals surface area contributed by atoms with Gasteiger partial charge in [0.05, 0.1) is 6.61 Å². The first-order valence-electron chi connectivity index (χ1n) is 5.83. The lowest BCUT2D eigenvalue weighted by Crippen LogP contribution is -2.20. The van der Waals surface area contributed by atoms with Gasteiger partial charge in [-0.15, -0.1) is 0 Å². The van der Waals surface area contributed by atoms with Gasteiger partial charge < -0.3 is 15.8 Å². The highest BCUT2D eigenvalue weighted by atomic mass is 16.5. The van der Waals surface area contributed by atoms with E-state index in [4.69, 9.17) is 10.5 Å². The van der Waals surface area contributed by atoms with E-state index in [1.807, 2.05) is 26.0 Å². The fourth-order valence-electron chi connectivity index (χ4n) is 1.56. The molecule has 4 heteroatoms. The minimum absolute atomic E-state index is 0.385. The summed E-state index contributed by atoms with van der Waals surface area (Å²) in [4.78, 5) is 11.0. The van der Waals surface area contributed by atoms with Crippen molar-refractivity contribution in [1.82, 2.24) is 5.32 Å². The number of rotatable bonds is 7. The van der Waals surface area contributed by atoms with Crippen LogP contribution >= 0.6 is 0 Å². The zero-order valence-corrected chi connectivity index (χ0v) is 10.5. The number of benzene rings is 1. The monoisotopic (exact) mass is 236 g/mol. The SMILES string of the molecule is CCOCCNCc1ccc(C(N)=O)cc1C. The molecule has 1 rings (SSSR count). The van der Waals surface area contributed by atoms with Gasteiger partial charge in [-0.05, 0) is 37.1 Å². The van der Waals surface area contributed by atoms with E-state index < -0.39 is 0 Å². The summed E-state index contributed by atoms with van der Waals surface area (Å²) >= 11 is 0. The Morgan fingerprint density at radius 1 is 1.47 bits per heavy atom. The Morgan fingerprint density at radius 2 is 2.24 bits per heavy atom. The summed E-state index contributed by atoms with van der Waals surface area (Å²) in [5, 5.41) is 3.28. The summed E-state index contributed by atoms with van der Waals surface area (Å²) in [6, 6.07) is 5.51. The van der Waals surface area contributed by atoms with Gasteiger partial charge in [0, 0.05) is 25.3 Å². The van der Waals surface area contributed by atoms with Crippen molar-refractivity contribution in [1.29, 1.82) is 0 Å². The molecule has 1 aromatic rings. The first-order valence-corrected chi connectivity index (χ1v) is 5.83. The van der Waals surface area contributed by atoms with Gasteiger partial charge in [0.2, 0.25) is 5.91 Å². The summed E-state index contributed by atoms with van der Waals surface area (Å²) in [5.74, 6) is -0.385. The Balaban J connectivity index is 2.46. The molecule has 94 valence electrons. The minimum atomic E-state index is -0.385. The van der Waals surface area contributed by atoms with Gasteiger partial charge in [-0.2, -0.15) is 0 Å². The number of nitrogens with two attached hydrogens (primary N) is 1. The van der Waals surface area contributed by atoms with Gasteiger partial charge in [-0.1, -0.05) is 6.07 Å². The van der Waals surface area contributed by atoms with Crippen LogP contribution in [0.5, 0.6) is 0 Å². The normalized spacial score (nSPS) is 10.5. The Labute approximate surface area is 102 Å². The lowest BCUT2D eigenvalue weighted by atomic mass is 10.0. The highest BCUT2D eigenvalue weighted by Crippen LogP contribution is 2.10. The summed E-state index contributed by atoms with van der Waals surface area (Å²) in [6.07, 6.45) is 0. The third-order valence-electron chi connectivity index (χ3n) is 2.57. The maximum Gasteiger partial charge on any atom is 0.248 e. The topological polar surface area (TPSA) is 64.3 Å². The molecule has 0 saturated carbocycles. The zero-order chi connectivity index (χ0) is 12.7. The molecular formula is C13H20N2O2. The maximum atomic E-state index is 11.0. The molecule has 17 heavy (non-hydrogen) atoms. The van der Waals surface area contributed by atoms with Crippen molar-refractivity contribution in [3.63, 3.8) is 0 Å². The predicted octanol–water partition coefficient (Wildman–Crippen LogP) is 1.22. The van der Waals surface area contributed by atoms with Crippen LogP contribution in [-0.2, 0) is 11.3 Å². The molecular weight excluding hydrogens is 216 g/mol. The first kappa shape index (κ1) is 13.7. The zero-order valence-electron chi connectivity index (χ0n) is 10.5. The van der Waals surface area contributed by atoms with E-state index in [1.165, 1.54) is 5.56 Å². The van der Waals surface area contributed by atoms with Crippen LogP contribution in [0.2, 0.25) is 0 Å². The van der Waals surface area contributed by atoms with Crippen molar-refractivity contribution in [2.24, 2.45) is 5.73 Å². The van der Waals surface area contributed by atoms with Crippen LogP contribution < -0.4 is 11.1 Å². The van der Waals surface area contributed by atoms with Gasteiger partial charge in [0.25, 0.3) is 0 Å². The van der Waals surface area contributed by atoms with E-state index in [9.17, 15) is 4.79 Å². The van der Waals surface area contributed by atoms with Crippen molar-refractivity contribution in [3.8, 4) is 0 Å². The second-order valence-corrected chi connectivity index (χ2v) is 3.88. The molecule has 0 heterocycles. The van der Waals surface area contributed by atoms with Crippen molar-refractivity contribution >= 4 is 5.91 Å². The van der Waals surface area contributed by atoms with Crippen molar-refractivity contribution < 1.29 is 9.53 Å². The van der Waals surface area contributed by atoms with Crippen LogP contribution in [0.15, 0.2) is 18.2 Å². The number of ether oxygens (including phenoxy) is 1. The summed E-state index contributed by atoms with van der Waals surface area (Å²) in [7, 11) is 0. The molecule has 0 unspecified atom stereocenters. The molecule has 0 saturated heterocycles. The molecule has 0 atom stereocenters. The van der Waals surface area contributed by atoms with Gasteiger partial charge in [0.15, 0.2) is 0 Å². The lowest BCUT2D eigenvalue weighted by molar-refractivity contribution is 0.1000. The van der Waals surface area contributed by atoms with Crippen LogP contribution in [0.25, 0.3) is 0 Å². The summed E-state index contributed by atoms with van der Waals surface area (Å²) in [6.45, 7) is 7.02. The van der Waals surface area contributed by atoms with Crippen LogP contribution in [0, 0.1) is 6.92 Å². The van der Waals surface area contributed by atoms with Crippen molar-refractivity contribution in [3.05, 3.63) is 34.9 Å². The number of aryl methyl sites for hydroxylation is 1. The van der Waals surface area contributed by atoms with Crippen molar-refractivity contribution in [2.45, 2.75) is 20.4 Å². The van der Waals surface area contributed by atoms with Crippen molar-refractivity contribution in [2.75, 3.05) is 19.8 Å². The van der Waals surface area contributed by atoms with Crippen LogP contribution in [0.1, 0.15) is 28.4 Å². The number of hydrogen-bond acceptors (Lipinski definition) is 3. The van der Waals surface area contributed by atoms with E-state index in [0.717, 1.165) is 31.9 Å². The second-order valence-electron chi connectivity index (χ2n) is 3.88. The van der Waals surface area contributed by atoms with Crippen LogP contribution in [0.3, 0.4) is 0 Å². The largest absolute Gasteiger partial charge is 0.380 e. The third-order valence-corrected chi connectivity index (χ3v) is 2.57. The average molecular weight is 236 g/mol. The van der Waals surface area contributed by atoms with Gasteiger partial charge >= 0.3 is 0 Å². The Bertz CT molecular complexity index is 378. The Hall–Kier alpha value is -1.39. The molecule has 0 spiro atoms. The van der Waals surface area contributed by atoms with Gasteiger partial charge in [-0.3, -0.25) is 4.79 Å². The van der Waals surface area contributed by atoms with Crippen LogP contribution in [-0.4, -0.2) is 25.7 Å². The number of primary amides is 1. The Morgan fingerprint density at radius 3 is 2.82 bits per heavy atom. The van der Waals surface area contributed by atoms with E-state index in [2.05, 4.69) is 5.32 Å². The minimum Gasteiger partial charge on any atom is -0.380 e. The smallest absolute Gasteiger partial charge is 0.248 e. The van der Waals surface area contributed by atoms with Gasteiger partial charge in [-0.25, -0.2) is 0 Å². The number of amides is 1. The summed E-state index contributed by atoms with van der Waals surface area (Å²) in [5.41, 5.74) is 8.02. The molecule has 1 amide bonds. The van der Waals surface area contributed by atoms with E-state index in [-0.39, 0.29) is 5.91 Å². The molecule has 0 aliphatic rings. The third kappa shape index (κ3) is 4.54. The fourth-order valence-corrected chi connectivity index (χ4v) is 1.56. The fraction of sp³-hybridized carbons (Fsp3) is 0.462. The number of carbonyl (C=O) groups is 1. The molecule has 0 aliphatic carbocycles. The van der Waals surface area contributed by atoms with Crippen LogP contribution in [0.4, 0.5) is 0 Å². The molecule has 0 bridgehead atoms. The predicted molar refractivity (Wildman–Crippen MR) is 67.9 cm³/mol. The Kier molecular flexibility index (Phi) is 5.66. The first-order chi connectivity index (χ1) is 8.15. The molecule has 4 nitrogen and oxygen atoms in total. The summed E-state index contributed by atoms with van der Waals surface area (Å²) < 4.78 is 5.23. The van der Waals surface area contributed by atoms with E-state index >= 15 is 0 Å². The molecule has 0 radical (unpaired) electrons. The average Bonchev–Trinajstić information content (AvgIpc) is 2.30. The van der Waals surface area contributed by atoms with Gasteiger partial charge in [0.1, 0.15) is 0 Å². The molecule has 3 N–H and O–H groups in total. The lowest BCUT2D eigenvalue weighted by Gasteiger charge is -2.08. The number of carbonyl (C=O) groups excluding carboxylic acids is 1. The highest BCUT2D eigenvalue weighted by Gasteiger charge is 2.03. The molecule has 0 aliphatic heterocycles. The second kappa shape index (κ2) is 7.04. The molecule has 0 fully saturated rings. The van der Waals surface area contributed by atoms with E-state index in [1.54, 1.807) is 6.07 Å². The van der Waals surface area contributed by atoms with E-state index in [0.29, 0.717) is 5.56 Å². The number of nitrogens with one attached hydrogen (secondary N) is 1. The quantitative estimate of drug-likeness (QED) is 0.700.